The van der Waals surface area contributed by atoms with E-state index >= 15 is 0 Å². The zero-order valence-electron chi connectivity index (χ0n) is 50.3. The lowest BCUT2D eigenvalue weighted by Gasteiger charge is -2.30. The lowest BCUT2D eigenvalue weighted by Crippen LogP contribution is -2.46. The first-order valence-electron chi connectivity index (χ1n) is 32.1. The minimum Gasteiger partial charge on any atom is -0.756 e. The van der Waals surface area contributed by atoms with E-state index in [1.54, 1.807) is 0 Å². The third-order valence-corrected chi connectivity index (χ3v) is 15.5. The number of rotatable bonds is 59. The number of likely N-dealkylation sites (N-methyl/N-ethyl adjacent to an activating group) is 1. The summed E-state index contributed by atoms with van der Waals surface area (Å²) in [5.41, 5.74) is 0. The molecule has 2 N–H and O–H groups in total. The lowest BCUT2D eigenvalue weighted by atomic mass is 10.0. The van der Waals surface area contributed by atoms with Crippen LogP contribution in [0.15, 0.2) is 60.8 Å². The molecule has 0 bridgehead atoms. The van der Waals surface area contributed by atoms with Gasteiger partial charge in [0.2, 0.25) is 5.91 Å². The Morgan fingerprint density at radius 3 is 1.19 bits per heavy atom. The predicted molar refractivity (Wildman–Crippen MR) is 325 cm³/mol. The van der Waals surface area contributed by atoms with Gasteiger partial charge in [-0.3, -0.25) is 9.36 Å². The standard InChI is InChI=1S/C66H125N2O6P/c1-6-8-10-12-14-16-18-20-22-24-26-28-30-32-34-36-38-40-42-44-46-48-50-52-54-56-58-60-66(70)67-64(63-74-75(71,72)73-62-61-68(3,4)5)65(69)59-57-55-53-51-49-47-45-43-41-39-37-35-33-31-29-27-25-23-21-19-17-15-13-11-9-7-2/h8,10,14,16,20,22,26,28,32,34,64-65,69H,6-7,9,11-13,15,17-19,21,23-25,27,29-31,33,35-63H2,1-5H3,(H-,67,70,71,72)/b10-8-,16-14-,22-20-,28-26-,34-32-. The number of aliphatic hydroxyl groups is 1. The molecular weight excluding hydrogens is 948 g/mol. The van der Waals surface area contributed by atoms with Crippen LogP contribution in [-0.2, 0) is 18.4 Å². The quantitative estimate of drug-likeness (QED) is 0.0272. The first-order valence-corrected chi connectivity index (χ1v) is 33.6. The largest absolute Gasteiger partial charge is 0.756 e. The molecule has 8 nitrogen and oxygen atoms in total. The number of aliphatic hydroxyl groups excluding tert-OH is 1. The minimum atomic E-state index is -4.58. The molecule has 75 heavy (non-hydrogen) atoms. The Labute approximate surface area is 466 Å². The van der Waals surface area contributed by atoms with Crippen molar-refractivity contribution in [3.63, 3.8) is 0 Å². The fourth-order valence-electron chi connectivity index (χ4n) is 9.54. The molecule has 1 amide bonds. The highest BCUT2D eigenvalue weighted by Gasteiger charge is 2.24. The molecule has 0 fully saturated rings. The number of carbonyl (C=O) groups is 1. The van der Waals surface area contributed by atoms with Gasteiger partial charge in [-0.2, -0.15) is 0 Å². The number of unbranched alkanes of at least 4 members (excludes halogenated alkanes) is 36. The van der Waals surface area contributed by atoms with Gasteiger partial charge in [0.15, 0.2) is 0 Å². The Kier molecular flexibility index (Phi) is 55.5. The molecule has 0 heterocycles. The Bertz CT molecular complexity index is 1400. The third kappa shape index (κ3) is 59.7. The zero-order valence-corrected chi connectivity index (χ0v) is 51.1. The van der Waals surface area contributed by atoms with Crippen molar-refractivity contribution in [3.8, 4) is 0 Å². The fraction of sp³-hybridized carbons (Fsp3) is 0.833. The molecule has 9 heteroatoms. The molecule has 0 aromatic rings. The van der Waals surface area contributed by atoms with Gasteiger partial charge in [0, 0.05) is 6.42 Å². The molecule has 0 aromatic carbocycles. The maximum atomic E-state index is 13.0. The Morgan fingerprint density at radius 2 is 0.813 bits per heavy atom. The summed E-state index contributed by atoms with van der Waals surface area (Å²) in [6.45, 7) is 4.64. The summed E-state index contributed by atoms with van der Waals surface area (Å²) < 4.78 is 23.5. The number of carbonyl (C=O) groups excluding carboxylic acids is 1. The van der Waals surface area contributed by atoms with Crippen molar-refractivity contribution < 1.29 is 32.9 Å². The van der Waals surface area contributed by atoms with Crippen LogP contribution >= 0.6 is 7.82 Å². The molecule has 3 unspecified atom stereocenters. The van der Waals surface area contributed by atoms with Crippen LogP contribution in [0.2, 0.25) is 0 Å². The van der Waals surface area contributed by atoms with Gasteiger partial charge in [-0.15, -0.1) is 0 Å². The summed E-state index contributed by atoms with van der Waals surface area (Å²) in [4.78, 5) is 25.6. The number of allylic oxidation sites excluding steroid dienone is 10. The van der Waals surface area contributed by atoms with Crippen molar-refractivity contribution in [1.29, 1.82) is 0 Å². The number of hydrogen-bond acceptors (Lipinski definition) is 6. The summed E-state index contributed by atoms with van der Waals surface area (Å²) in [5.74, 6) is -0.166. The number of nitrogens with one attached hydrogen (secondary N) is 1. The van der Waals surface area contributed by atoms with Crippen molar-refractivity contribution in [2.24, 2.45) is 0 Å². The Morgan fingerprint density at radius 1 is 0.480 bits per heavy atom. The average Bonchev–Trinajstić information content (AvgIpc) is 3.37. The van der Waals surface area contributed by atoms with E-state index in [0.717, 1.165) is 70.6 Å². The first kappa shape index (κ1) is 73.2. The Hall–Kier alpha value is -1.80. The molecule has 3 atom stereocenters. The van der Waals surface area contributed by atoms with Gasteiger partial charge in [0.05, 0.1) is 39.9 Å². The van der Waals surface area contributed by atoms with E-state index in [2.05, 4.69) is 79.9 Å². The third-order valence-electron chi connectivity index (χ3n) is 14.5. The maximum Gasteiger partial charge on any atom is 0.268 e. The van der Waals surface area contributed by atoms with E-state index < -0.39 is 20.0 Å². The number of phosphoric acid groups is 1. The SMILES string of the molecule is CC/C=C\C/C=C\C/C=C\C/C=C\C/C=C\CCCCCCCCCCCCCC(=O)NC(COP(=O)([O-])OCC[N+](C)(C)C)C(O)CCCCCCCCCCCCCCCCCCCCCCCCCCCC. The Balaban J connectivity index is 4.11. The molecule has 0 aromatic heterocycles. The lowest BCUT2D eigenvalue weighted by molar-refractivity contribution is -0.870. The van der Waals surface area contributed by atoms with Crippen LogP contribution in [0.3, 0.4) is 0 Å². The van der Waals surface area contributed by atoms with Crippen LogP contribution in [0.4, 0.5) is 0 Å². The van der Waals surface area contributed by atoms with Gasteiger partial charge in [-0.1, -0.05) is 299 Å². The van der Waals surface area contributed by atoms with Crippen LogP contribution < -0.4 is 10.2 Å². The molecule has 0 aliphatic rings. The van der Waals surface area contributed by atoms with Crippen molar-refractivity contribution in [2.75, 3.05) is 40.9 Å². The molecule has 0 radical (unpaired) electrons. The number of nitrogens with zero attached hydrogens (tertiary/aromatic N) is 1. The van der Waals surface area contributed by atoms with Gasteiger partial charge in [-0.05, 0) is 57.8 Å². The summed E-state index contributed by atoms with van der Waals surface area (Å²) in [6, 6.07) is -0.806. The van der Waals surface area contributed by atoms with Crippen LogP contribution in [0.25, 0.3) is 0 Å². The summed E-state index contributed by atoms with van der Waals surface area (Å²) in [5, 5.41) is 14.1. The number of phosphoric ester groups is 1. The van der Waals surface area contributed by atoms with Crippen molar-refractivity contribution >= 4 is 13.7 Å². The highest BCUT2D eigenvalue weighted by molar-refractivity contribution is 7.45. The van der Waals surface area contributed by atoms with Gasteiger partial charge >= 0.3 is 0 Å². The van der Waals surface area contributed by atoms with Crippen LogP contribution in [-0.4, -0.2) is 68.5 Å². The second-order valence-corrected chi connectivity index (χ2v) is 24.5. The first-order chi connectivity index (χ1) is 36.5. The second-order valence-electron chi connectivity index (χ2n) is 23.1. The van der Waals surface area contributed by atoms with Crippen molar-refractivity contribution in [3.05, 3.63) is 60.8 Å². The molecule has 0 aliphatic heterocycles. The predicted octanol–water partition coefficient (Wildman–Crippen LogP) is 19.4. The fourth-order valence-corrected chi connectivity index (χ4v) is 10.3. The van der Waals surface area contributed by atoms with E-state index in [0.29, 0.717) is 23.9 Å². The van der Waals surface area contributed by atoms with E-state index in [1.807, 2.05) is 21.1 Å². The van der Waals surface area contributed by atoms with Gasteiger partial charge in [0.25, 0.3) is 7.82 Å². The van der Waals surface area contributed by atoms with Gasteiger partial charge in [-0.25, -0.2) is 0 Å². The van der Waals surface area contributed by atoms with Gasteiger partial charge < -0.3 is 28.8 Å². The molecular formula is C66H125N2O6P. The topological polar surface area (TPSA) is 108 Å². The number of quaternary nitrogens is 1. The highest BCUT2D eigenvalue weighted by Crippen LogP contribution is 2.38. The van der Waals surface area contributed by atoms with E-state index in [1.165, 1.54) is 205 Å². The monoisotopic (exact) mass is 1070 g/mol. The summed E-state index contributed by atoms with van der Waals surface area (Å²) in [6.07, 6.45) is 77.0. The smallest absolute Gasteiger partial charge is 0.268 e. The van der Waals surface area contributed by atoms with Crippen LogP contribution in [0.1, 0.15) is 303 Å². The van der Waals surface area contributed by atoms with Crippen molar-refractivity contribution in [1.82, 2.24) is 5.32 Å². The normalized spacial score (nSPS) is 14.2. The molecule has 0 aliphatic carbocycles. The summed E-state index contributed by atoms with van der Waals surface area (Å²) in [7, 11) is 1.31. The molecule has 440 valence electrons. The average molecular weight is 1070 g/mol. The van der Waals surface area contributed by atoms with E-state index in [9.17, 15) is 19.4 Å². The number of amides is 1. The minimum absolute atomic E-state index is 0.0103. The molecule has 0 saturated heterocycles. The van der Waals surface area contributed by atoms with E-state index in [-0.39, 0.29) is 19.1 Å². The molecule has 0 saturated carbocycles. The van der Waals surface area contributed by atoms with E-state index in [4.69, 9.17) is 9.05 Å². The van der Waals surface area contributed by atoms with Crippen LogP contribution in [0.5, 0.6) is 0 Å². The van der Waals surface area contributed by atoms with Gasteiger partial charge in [0.1, 0.15) is 13.2 Å². The highest BCUT2D eigenvalue weighted by atomic mass is 31.2. The number of hydrogen-bond donors (Lipinski definition) is 2. The molecule has 0 rings (SSSR count). The summed E-state index contributed by atoms with van der Waals surface area (Å²) >= 11 is 0. The molecule has 0 spiro atoms. The second kappa shape index (κ2) is 56.9. The maximum absolute atomic E-state index is 13.0. The van der Waals surface area contributed by atoms with Crippen molar-refractivity contribution in [2.45, 2.75) is 315 Å². The van der Waals surface area contributed by atoms with Crippen LogP contribution in [0, 0.1) is 0 Å². The zero-order chi connectivity index (χ0) is 54.9.